The summed E-state index contributed by atoms with van der Waals surface area (Å²) in [6.45, 7) is 0.546. The SMILES string of the molecule is O=C(CCCn1c(=O)c2sccc2n(Cc2cccc(F)c2)c1=O)NCc1ccco1. The van der Waals surface area contributed by atoms with Gasteiger partial charge >= 0.3 is 5.69 Å². The minimum absolute atomic E-state index is 0.114. The van der Waals surface area contributed by atoms with Gasteiger partial charge in [0, 0.05) is 13.0 Å². The molecule has 0 saturated carbocycles. The second kappa shape index (κ2) is 9.13. The molecule has 1 amide bonds. The highest BCUT2D eigenvalue weighted by molar-refractivity contribution is 7.17. The molecule has 0 unspecified atom stereocenters. The summed E-state index contributed by atoms with van der Waals surface area (Å²) < 4.78 is 21.8. The molecule has 31 heavy (non-hydrogen) atoms. The van der Waals surface area contributed by atoms with Crippen LogP contribution in [-0.2, 0) is 24.4 Å². The van der Waals surface area contributed by atoms with Crippen LogP contribution in [0.3, 0.4) is 0 Å². The van der Waals surface area contributed by atoms with E-state index in [-0.39, 0.29) is 43.3 Å². The second-order valence-corrected chi connectivity index (χ2v) is 7.97. The molecule has 0 radical (unpaired) electrons. The van der Waals surface area contributed by atoms with Gasteiger partial charge in [0.1, 0.15) is 16.3 Å². The average molecular weight is 441 g/mol. The Balaban J connectivity index is 1.51. The Morgan fingerprint density at radius 3 is 2.77 bits per heavy atom. The van der Waals surface area contributed by atoms with Crippen LogP contribution in [0.1, 0.15) is 24.2 Å². The molecule has 1 aromatic carbocycles. The highest BCUT2D eigenvalue weighted by Crippen LogP contribution is 2.17. The Hall–Kier alpha value is -3.46. The number of halogens is 1. The number of fused-ring (bicyclic) bond motifs is 1. The van der Waals surface area contributed by atoms with Gasteiger partial charge in [-0.3, -0.25) is 18.7 Å². The summed E-state index contributed by atoms with van der Waals surface area (Å²) >= 11 is 1.25. The highest BCUT2D eigenvalue weighted by Gasteiger charge is 2.15. The topological polar surface area (TPSA) is 86.2 Å². The van der Waals surface area contributed by atoms with Gasteiger partial charge in [0.2, 0.25) is 5.91 Å². The maximum Gasteiger partial charge on any atom is 0.331 e. The Morgan fingerprint density at radius 2 is 2.00 bits per heavy atom. The van der Waals surface area contributed by atoms with Crippen LogP contribution < -0.4 is 16.6 Å². The van der Waals surface area contributed by atoms with Crippen molar-refractivity contribution >= 4 is 27.5 Å². The average Bonchev–Trinajstić information content (AvgIpc) is 3.44. The molecule has 4 rings (SSSR count). The monoisotopic (exact) mass is 441 g/mol. The van der Waals surface area contributed by atoms with Crippen molar-refractivity contribution in [2.75, 3.05) is 0 Å². The fourth-order valence-electron chi connectivity index (χ4n) is 3.39. The quantitative estimate of drug-likeness (QED) is 0.455. The van der Waals surface area contributed by atoms with E-state index in [1.807, 2.05) is 0 Å². The minimum atomic E-state index is -0.476. The lowest BCUT2D eigenvalue weighted by Gasteiger charge is -2.12. The normalized spacial score (nSPS) is 11.1. The van der Waals surface area contributed by atoms with Crippen LogP contribution in [0.2, 0.25) is 0 Å². The molecule has 1 N–H and O–H groups in total. The number of carbonyl (C=O) groups excluding carboxylic acids is 1. The maximum absolute atomic E-state index is 13.6. The molecule has 160 valence electrons. The number of furan rings is 1. The summed E-state index contributed by atoms with van der Waals surface area (Å²) in [7, 11) is 0. The third-order valence-corrected chi connectivity index (χ3v) is 5.78. The van der Waals surface area contributed by atoms with Gasteiger partial charge in [-0.15, -0.1) is 11.3 Å². The van der Waals surface area contributed by atoms with Crippen molar-refractivity contribution < 1.29 is 13.6 Å². The summed E-state index contributed by atoms with van der Waals surface area (Å²) in [5.74, 6) is 0.0654. The van der Waals surface area contributed by atoms with E-state index >= 15 is 0 Å². The third-order valence-electron chi connectivity index (χ3n) is 4.89. The van der Waals surface area contributed by atoms with Crippen molar-refractivity contribution in [3.63, 3.8) is 0 Å². The molecule has 0 saturated heterocycles. The van der Waals surface area contributed by atoms with Gasteiger partial charge in [-0.05, 0) is 47.7 Å². The van der Waals surface area contributed by atoms with Crippen LogP contribution in [0.5, 0.6) is 0 Å². The Morgan fingerprint density at radius 1 is 1.13 bits per heavy atom. The van der Waals surface area contributed by atoms with Crippen molar-refractivity contribution in [1.82, 2.24) is 14.5 Å². The van der Waals surface area contributed by atoms with E-state index in [0.717, 1.165) is 4.57 Å². The Labute approximate surface area is 180 Å². The summed E-state index contributed by atoms with van der Waals surface area (Å²) in [6.07, 6.45) is 2.03. The summed E-state index contributed by atoms with van der Waals surface area (Å²) in [5.41, 5.74) is 0.298. The fraction of sp³-hybridized carbons (Fsp3) is 0.227. The van der Waals surface area contributed by atoms with Gasteiger partial charge in [0.15, 0.2) is 0 Å². The van der Waals surface area contributed by atoms with E-state index in [2.05, 4.69) is 5.32 Å². The Bertz CT molecular complexity index is 1320. The molecule has 9 heteroatoms. The van der Waals surface area contributed by atoms with Gasteiger partial charge < -0.3 is 9.73 Å². The zero-order valence-electron chi connectivity index (χ0n) is 16.5. The molecule has 0 spiro atoms. The Kier molecular flexibility index (Phi) is 6.13. The van der Waals surface area contributed by atoms with E-state index in [1.54, 1.807) is 35.7 Å². The van der Waals surface area contributed by atoms with Crippen LogP contribution in [-0.4, -0.2) is 15.0 Å². The number of carbonyl (C=O) groups is 1. The number of thiophene rings is 1. The van der Waals surface area contributed by atoms with Crippen molar-refractivity contribution in [2.24, 2.45) is 0 Å². The smallest absolute Gasteiger partial charge is 0.331 e. The number of nitrogens with one attached hydrogen (secondary N) is 1. The number of benzene rings is 1. The minimum Gasteiger partial charge on any atom is -0.467 e. The molecule has 0 atom stereocenters. The number of hydrogen-bond acceptors (Lipinski definition) is 5. The molecule has 4 aromatic rings. The van der Waals surface area contributed by atoms with Crippen LogP contribution in [0, 0.1) is 5.82 Å². The van der Waals surface area contributed by atoms with E-state index in [9.17, 15) is 18.8 Å². The van der Waals surface area contributed by atoms with Crippen LogP contribution in [0.15, 0.2) is 68.1 Å². The van der Waals surface area contributed by atoms with Crippen LogP contribution >= 0.6 is 11.3 Å². The van der Waals surface area contributed by atoms with Gasteiger partial charge in [-0.25, -0.2) is 9.18 Å². The summed E-state index contributed by atoms with van der Waals surface area (Å²) in [6, 6.07) is 11.2. The van der Waals surface area contributed by atoms with Gasteiger partial charge in [-0.1, -0.05) is 12.1 Å². The number of aromatic nitrogens is 2. The molecule has 0 fully saturated rings. The standard InChI is InChI=1S/C22H20FN3O4S/c23-16-5-1-4-15(12-16)14-26-18-8-11-31-20(18)21(28)25(22(26)29)9-2-7-19(27)24-13-17-6-3-10-30-17/h1,3-6,8,10-12H,2,7,9,13-14H2,(H,24,27). The molecule has 3 aromatic heterocycles. The number of rotatable bonds is 8. The van der Waals surface area contributed by atoms with E-state index in [4.69, 9.17) is 4.42 Å². The first-order chi connectivity index (χ1) is 15.0. The fourth-order valence-corrected chi connectivity index (χ4v) is 4.23. The number of nitrogens with zero attached hydrogens (tertiary/aromatic N) is 2. The molecular weight excluding hydrogens is 421 g/mol. The molecule has 3 heterocycles. The summed E-state index contributed by atoms with van der Waals surface area (Å²) in [4.78, 5) is 37.9. The van der Waals surface area contributed by atoms with E-state index in [0.29, 0.717) is 28.0 Å². The second-order valence-electron chi connectivity index (χ2n) is 7.05. The molecular formula is C22H20FN3O4S. The van der Waals surface area contributed by atoms with E-state index in [1.165, 1.54) is 34.3 Å². The van der Waals surface area contributed by atoms with Gasteiger partial charge in [-0.2, -0.15) is 0 Å². The van der Waals surface area contributed by atoms with Crippen LogP contribution in [0.4, 0.5) is 4.39 Å². The first-order valence-electron chi connectivity index (χ1n) is 9.77. The first kappa shape index (κ1) is 20.8. The van der Waals surface area contributed by atoms with Crippen molar-refractivity contribution in [3.8, 4) is 0 Å². The van der Waals surface area contributed by atoms with E-state index < -0.39 is 5.69 Å². The van der Waals surface area contributed by atoms with Gasteiger partial charge in [0.25, 0.3) is 5.56 Å². The predicted octanol–water partition coefficient (Wildman–Crippen LogP) is 3.10. The highest BCUT2D eigenvalue weighted by atomic mass is 32.1. The summed E-state index contributed by atoms with van der Waals surface area (Å²) in [5, 5.41) is 4.49. The van der Waals surface area contributed by atoms with Crippen molar-refractivity contribution in [1.29, 1.82) is 0 Å². The number of hydrogen-bond donors (Lipinski definition) is 1. The molecule has 0 aliphatic heterocycles. The lowest BCUT2D eigenvalue weighted by Crippen LogP contribution is -2.40. The maximum atomic E-state index is 13.6. The van der Waals surface area contributed by atoms with Crippen molar-refractivity contribution in [2.45, 2.75) is 32.5 Å². The predicted molar refractivity (Wildman–Crippen MR) is 116 cm³/mol. The number of amides is 1. The molecule has 0 bridgehead atoms. The molecule has 0 aliphatic rings. The van der Waals surface area contributed by atoms with Crippen molar-refractivity contribution in [3.05, 3.63) is 92.1 Å². The first-order valence-corrected chi connectivity index (χ1v) is 10.7. The third kappa shape index (κ3) is 4.66. The molecule has 0 aliphatic carbocycles. The lowest BCUT2D eigenvalue weighted by atomic mass is 10.2. The largest absolute Gasteiger partial charge is 0.467 e. The zero-order chi connectivity index (χ0) is 21.8. The zero-order valence-corrected chi connectivity index (χ0v) is 17.4. The lowest BCUT2D eigenvalue weighted by molar-refractivity contribution is -0.121. The molecule has 7 nitrogen and oxygen atoms in total. The van der Waals surface area contributed by atoms with Crippen LogP contribution in [0.25, 0.3) is 10.2 Å². The van der Waals surface area contributed by atoms with Gasteiger partial charge in [0.05, 0.1) is 24.9 Å².